The predicted molar refractivity (Wildman–Crippen MR) is 91.0 cm³/mol. The van der Waals surface area contributed by atoms with Crippen molar-refractivity contribution in [2.45, 2.75) is 26.7 Å². The molecule has 1 aromatic carbocycles. The second-order valence-corrected chi connectivity index (χ2v) is 6.54. The zero-order valence-corrected chi connectivity index (χ0v) is 14.4. The summed E-state index contributed by atoms with van der Waals surface area (Å²) in [6.45, 7) is 7.11. The highest BCUT2D eigenvalue weighted by molar-refractivity contribution is 5.95. The summed E-state index contributed by atoms with van der Waals surface area (Å²) in [4.78, 5) is 14.4. The first-order valence-corrected chi connectivity index (χ1v) is 8.35. The monoisotopic (exact) mass is 320 g/mol. The van der Waals surface area contributed by atoms with Gasteiger partial charge in [-0.2, -0.15) is 0 Å². The molecule has 0 aromatic heterocycles. The molecule has 0 spiro atoms. The van der Waals surface area contributed by atoms with Crippen LogP contribution in [0.1, 0.15) is 37.0 Å². The first-order valence-electron chi connectivity index (χ1n) is 8.35. The number of hydrogen-bond acceptors (Lipinski definition) is 4. The summed E-state index contributed by atoms with van der Waals surface area (Å²) in [5, 5.41) is 0. The molecule has 128 valence electrons. The minimum absolute atomic E-state index is 0.0352. The number of ether oxygens (including phenoxy) is 2. The van der Waals surface area contributed by atoms with Gasteiger partial charge in [0.2, 0.25) is 0 Å². The van der Waals surface area contributed by atoms with Gasteiger partial charge in [-0.1, -0.05) is 13.8 Å². The predicted octanol–water partition coefficient (Wildman–Crippen LogP) is 2.54. The Bertz CT molecular complexity index is 531. The topological polar surface area (TPSA) is 64.8 Å². The lowest BCUT2D eigenvalue weighted by molar-refractivity contribution is 0.0787. The Morgan fingerprint density at radius 3 is 2.78 bits per heavy atom. The van der Waals surface area contributed by atoms with Crippen molar-refractivity contribution in [1.29, 1.82) is 0 Å². The Morgan fingerprint density at radius 1 is 1.39 bits per heavy atom. The number of hydrogen-bond donors (Lipinski definition) is 1. The van der Waals surface area contributed by atoms with Crippen molar-refractivity contribution in [3.8, 4) is 11.5 Å². The number of benzene rings is 1. The van der Waals surface area contributed by atoms with E-state index in [2.05, 4.69) is 13.8 Å². The third-order valence-corrected chi connectivity index (χ3v) is 4.27. The van der Waals surface area contributed by atoms with Crippen molar-refractivity contribution < 1.29 is 14.3 Å². The van der Waals surface area contributed by atoms with E-state index in [4.69, 9.17) is 15.2 Å². The van der Waals surface area contributed by atoms with Crippen LogP contribution in [0.3, 0.4) is 0 Å². The minimum Gasteiger partial charge on any atom is -0.493 e. The molecule has 1 unspecified atom stereocenters. The summed E-state index contributed by atoms with van der Waals surface area (Å²) in [6, 6.07) is 5.40. The van der Waals surface area contributed by atoms with Gasteiger partial charge in [0.1, 0.15) is 0 Å². The summed E-state index contributed by atoms with van der Waals surface area (Å²) >= 11 is 0. The number of carbonyl (C=O) groups excluding carboxylic acids is 1. The zero-order valence-electron chi connectivity index (χ0n) is 14.4. The van der Waals surface area contributed by atoms with Crippen molar-refractivity contribution in [1.82, 2.24) is 4.90 Å². The second kappa shape index (κ2) is 8.20. The fourth-order valence-electron chi connectivity index (χ4n) is 2.72. The maximum absolute atomic E-state index is 12.6. The summed E-state index contributed by atoms with van der Waals surface area (Å²) < 4.78 is 11.1. The van der Waals surface area contributed by atoms with Gasteiger partial charge in [-0.25, -0.2) is 0 Å². The molecule has 1 heterocycles. The van der Waals surface area contributed by atoms with Gasteiger partial charge in [0.05, 0.1) is 13.7 Å². The fraction of sp³-hybridized carbons (Fsp3) is 0.611. The Kier molecular flexibility index (Phi) is 6.28. The van der Waals surface area contributed by atoms with E-state index in [1.165, 1.54) is 0 Å². The van der Waals surface area contributed by atoms with Crippen molar-refractivity contribution in [2.75, 3.05) is 33.4 Å². The maximum Gasteiger partial charge on any atom is 0.254 e. The average molecular weight is 320 g/mol. The van der Waals surface area contributed by atoms with Crippen LogP contribution in [0, 0.1) is 11.8 Å². The lowest BCUT2D eigenvalue weighted by Gasteiger charge is -2.18. The molecule has 1 aliphatic rings. The first-order chi connectivity index (χ1) is 11.0. The van der Waals surface area contributed by atoms with E-state index in [9.17, 15) is 4.79 Å². The zero-order chi connectivity index (χ0) is 16.8. The van der Waals surface area contributed by atoms with Gasteiger partial charge in [-0.15, -0.1) is 0 Å². The number of amides is 1. The Labute approximate surface area is 138 Å². The third-order valence-electron chi connectivity index (χ3n) is 4.27. The van der Waals surface area contributed by atoms with E-state index >= 15 is 0 Å². The van der Waals surface area contributed by atoms with E-state index in [0.29, 0.717) is 42.0 Å². The van der Waals surface area contributed by atoms with Gasteiger partial charge in [-0.3, -0.25) is 4.79 Å². The molecular formula is C18H28N2O3. The molecule has 0 radical (unpaired) electrons. The lowest BCUT2D eigenvalue weighted by Crippen LogP contribution is -2.29. The van der Waals surface area contributed by atoms with Crippen LogP contribution in [0.15, 0.2) is 18.2 Å². The quantitative estimate of drug-likeness (QED) is 0.838. The highest BCUT2D eigenvalue weighted by Crippen LogP contribution is 2.29. The lowest BCUT2D eigenvalue weighted by atomic mass is 10.1. The van der Waals surface area contributed by atoms with E-state index in [-0.39, 0.29) is 5.91 Å². The van der Waals surface area contributed by atoms with Crippen LogP contribution in [0.2, 0.25) is 0 Å². The van der Waals surface area contributed by atoms with Gasteiger partial charge in [0.25, 0.3) is 5.91 Å². The number of likely N-dealkylation sites (tertiary alicyclic amines) is 1. The highest BCUT2D eigenvalue weighted by Gasteiger charge is 2.26. The van der Waals surface area contributed by atoms with Gasteiger partial charge in [-0.05, 0) is 49.4 Å². The molecular weight excluding hydrogens is 292 g/mol. The molecule has 0 saturated carbocycles. The number of rotatable bonds is 7. The molecule has 1 fully saturated rings. The van der Waals surface area contributed by atoms with Gasteiger partial charge < -0.3 is 20.1 Å². The molecule has 1 aromatic rings. The molecule has 1 amide bonds. The molecule has 0 aliphatic carbocycles. The van der Waals surface area contributed by atoms with Crippen LogP contribution < -0.4 is 15.2 Å². The molecule has 1 atom stereocenters. The van der Waals surface area contributed by atoms with Gasteiger partial charge in [0, 0.05) is 18.7 Å². The third kappa shape index (κ3) is 4.61. The van der Waals surface area contributed by atoms with Gasteiger partial charge >= 0.3 is 0 Å². The summed E-state index contributed by atoms with van der Waals surface area (Å²) in [6.07, 6.45) is 1.97. The van der Waals surface area contributed by atoms with Crippen LogP contribution in [0.25, 0.3) is 0 Å². The number of carbonyl (C=O) groups is 1. The second-order valence-electron chi connectivity index (χ2n) is 6.54. The molecule has 5 nitrogen and oxygen atoms in total. The first kappa shape index (κ1) is 17.6. The smallest absolute Gasteiger partial charge is 0.254 e. The molecule has 1 aliphatic heterocycles. The number of nitrogens with two attached hydrogens (primary N) is 1. The minimum atomic E-state index is 0.0352. The highest BCUT2D eigenvalue weighted by atomic mass is 16.5. The fourth-order valence-corrected chi connectivity index (χ4v) is 2.72. The molecule has 0 bridgehead atoms. The Balaban J connectivity index is 2.04. The molecule has 2 rings (SSSR count). The molecule has 23 heavy (non-hydrogen) atoms. The Hall–Kier alpha value is -1.75. The van der Waals surface area contributed by atoms with Crippen molar-refractivity contribution in [3.05, 3.63) is 23.8 Å². The van der Waals surface area contributed by atoms with Gasteiger partial charge in [0.15, 0.2) is 11.5 Å². The molecule has 1 saturated heterocycles. The standard InChI is InChI=1S/C18H28N2O3/c1-13(2)7-9-23-16-5-4-15(10-17(16)22-3)18(21)20-8-6-14(11-19)12-20/h4-5,10,13-14H,6-9,11-12,19H2,1-3H3. The Morgan fingerprint density at radius 2 is 2.17 bits per heavy atom. The largest absolute Gasteiger partial charge is 0.493 e. The summed E-state index contributed by atoms with van der Waals surface area (Å²) in [5.74, 6) is 2.33. The van der Waals surface area contributed by atoms with E-state index < -0.39 is 0 Å². The van der Waals surface area contributed by atoms with E-state index in [0.717, 1.165) is 25.9 Å². The number of methoxy groups -OCH3 is 1. The SMILES string of the molecule is COc1cc(C(=O)N2CCC(CN)C2)ccc1OCCC(C)C. The van der Waals surface area contributed by atoms with Crippen molar-refractivity contribution in [3.63, 3.8) is 0 Å². The summed E-state index contributed by atoms with van der Waals surface area (Å²) in [5.41, 5.74) is 6.33. The van der Waals surface area contributed by atoms with Crippen LogP contribution in [-0.4, -0.2) is 44.2 Å². The summed E-state index contributed by atoms with van der Waals surface area (Å²) in [7, 11) is 1.60. The van der Waals surface area contributed by atoms with Crippen molar-refractivity contribution in [2.24, 2.45) is 17.6 Å². The molecule has 2 N–H and O–H groups in total. The molecule has 5 heteroatoms. The maximum atomic E-state index is 12.6. The van der Waals surface area contributed by atoms with Crippen LogP contribution in [0.4, 0.5) is 0 Å². The van der Waals surface area contributed by atoms with E-state index in [1.807, 2.05) is 17.0 Å². The average Bonchev–Trinajstić information content (AvgIpc) is 3.03. The van der Waals surface area contributed by atoms with Crippen molar-refractivity contribution >= 4 is 5.91 Å². The normalized spacial score (nSPS) is 17.6. The van der Waals surface area contributed by atoms with Crippen LogP contribution >= 0.6 is 0 Å². The number of nitrogens with zero attached hydrogens (tertiary/aromatic N) is 1. The van der Waals surface area contributed by atoms with Crippen LogP contribution in [-0.2, 0) is 0 Å². The van der Waals surface area contributed by atoms with Crippen LogP contribution in [0.5, 0.6) is 11.5 Å². The van der Waals surface area contributed by atoms with E-state index in [1.54, 1.807) is 13.2 Å².